The highest BCUT2D eigenvalue weighted by atomic mass is 16.2. The third-order valence-corrected chi connectivity index (χ3v) is 4.27. The van der Waals surface area contributed by atoms with E-state index in [-0.39, 0.29) is 11.8 Å². The predicted molar refractivity (Wildman–Crippen MR) is 96.2 cm³/mol. The Morgan fingerprint density at radius 2 is 1.50 bits per heavy atom. The minimum atomic E-state index is -0.112. The third kappa shape index (κ3) is 4.22. The monoisotopic (exact) mass is 322 g/mol. The van der Waals surface area contributed by atoms with Crippen molar-refractivity contribution in [3.05, 3.63) is 59.2 Å². The highest BCUT2D eigenvalue weighted by Gasteiger charge is 2.11. The lowest BCUT2D eigenvalue weighted by Gasteiger charge is -2.16. The first-order valence-corrected chi connectivity index (χ1v) is 8.38. The van der Waals surface area contributed by atoms with Gasteiger partial charge in [-0.05, 0) is 66.6 Å². The van der Waals surface area contributed by atoms with Gasteiger partial charge in [0.25, 0.3) is 0 Å². The average molecular weight is 322 g/mol. The fraction of sp³-hybridized carbons (Fsp3) is 0.300. The number of anilines is 2. The molecule has 4 heteroatoms. The fourth-order valence-electron chi connectivity index (χ4n) is 3.13. The molecule has 0 bridgehead atoms. The van der Waals surface area contributed by atoms with Gasteiger partial charge in [0.15, 0.2) is 0 Å². The lowest BCUT2D eigenvalue weighted by Crippen LogP contribution is -2.15. The van der Waals surface area contributed by atoms with Gasteiger partial charge >= 0.3 is 0 Å². The Labute approximate surface area is 142 Å². The molecule has 3 rings (SSSR count). The van der Waals surface area contributed by atoms with E-state index in [1.54, 1.807) is 24.3 Å². The maximum absolute atomic E-state index is 12.2. The summed E-state index contributed by atoms with van der Waals surface area (Å²) < 4.78 is 0. The van der Waals surface area contributed by atoms with Crippen molar-refractivity contribution in [3.8, 4) is 0 Å². The maximum Gasteiger partial charge on any atom is 0.228 e. The summed E-state index contributed by atoms with van der Waals surface area (Å²) in [6.45, 7) is 1.47. The summed E-state index contributed by atoms with van der Waals surface area (Å²) in [4.78, 5) is 23.2. The van der Waals surface area contributed by atoms with Crippen molar-refractivity contribution in [1.82, 2.24) is 0 Å². The van der Waals surface area contributed by atoms with Crippen LogP contribution in [0.4, 0.5) is 11.4 Å². The number of aryl methyl sites for hydroxylation is 2. The standard InChI is InChI=1S/C20H22N2O2/c1-14(23)21-18-8-10-19(11-9-18)22-20(24)13-15-6-7-16-4-2-3-5-17(16)12-15/h6-12H,2-5,13H2,1H3,(H,21,23)(H,22,24). The normalized spacial score (nSPS) is 13.0. The first-order valence-electron chi connectivity index (χ1n) is 8.38. The SMILES string of the molecule is CC(=O)Nc1ccc(NC(=O)Cc2ccc3c(c2)CCCC3)cc1. The van der Waals surface area contributed by atoms with Crippen LogP contribution in [0, 0.1) is 0 Å². The van der Waals surface area contributed by atoms with Gasteiger partial charge in [0.1, 0.15) is 0 Å². The molecular weight excluding hydrogens is 300 g/mol. The van der Waals surface area contributed by atoms with E-state index in [2.05, 4.69) is 28.8 Å². The van der Waals surface area contributed by atoms with Gasteiger partial charge in [0.2, 0.25) is 11.8 Å². The molecule has 2 aromatic carbocycles. The van der Waals surface area contributed by atoms with Gasteiger partial charge in [-0.2, -0.15) is 0 Å². The largest absolute Gasteiger partial charge is 0.326 e. The zero-order valence-electron chi connectivity index (χ0n) is 13.9. The molecule has 124 valence electrons. The Balaban J connectivity index is 1.60. The molecule has 0 radical (unpaired) electrons. The number of nitrogens with one attached hydrogen (secondary N) is 2. The molecule has 2 amide bonds. The first-order chi connectivity index (χ1) is 11.6. The lowest BCUT2D eigenvalue weighted by molar-refractivity contribution is -0.116. The number of carbonyl (C=O) groups is 2. The smallest absolute Gasteiger partial charge is 0.228 e. The highest BCUT2D eigenvalue weighted by molar-refractivity contribution is 5.93. The Morgan fingerprint density at radius 1 is 0.875 bits per heavy atom. The molecule has 0 atom stereocenters. The molecule has 0 aromatic heterocycles. The van der Waals surface area contributed by atoms with Crippen LogP contribution in [0.15, 0.2) is 42.5 Å². The van der Waals surface area contributed by atoms with E-state index in [4.69, 9.17) is 0 Å². The second kappa shape index (κ2) is 7.30. The van der Waals surface area contributed by atoms with Crippen LogP contribution < -0.4 is 10.6 Å². The van der Waals surface area contributed by atoms with Crippen molar-refractivity contribution in [2.24, 2.45) is 0 Å². The summed E-state index contributed by atoms with van der Waals surface area (Å²) in [6.07, 6.45) is 5.16. The molecule has 1 aliphatic carbocycles. The van der Waals surface area contributed by atoms with Gasteiger partial charge in [-0.15, -0.1) is 0 Å². The average Bonchev–Trinajstić information content (AvgIpc) is 2.56. The van der Waals surface area contributed by atoms with Gasteiger partial charge in [-0.1, -0.05) is 18.2 Å². The predicted octanol–water partition coefficient (Wildman–Crippen LogP) is 3.71. The number of amides is 2. The molecular formula is C20H22N2O2. The lowest BCUT2D eigenvalue weighted by atomic mass is 9.90. The number of rotatable bonds is 4. The van der Waals surface area contributed by atoms with Crippen LogP contribution in [0.3, 0.4) is 0 Å². The van der Waals surface area contributed by atoms with Crippen LogP contribution in [0.2, 0.25) is 0 Å². The molecule has 0 unspecified atom stereocenters. The zero-order chi connectivity index (χ0) is 16.9. The Morgan fingerprint density at radius 3 is 2.17 bits per heavy atom. The van der Waals surface area contributed by atoms with Crippen LogP contribution in [-0.2, 0) is 28.9 Å². The number of fused-ring (bicyclic) bond motifs is 1. The van der Waals surface area contributed by atoms with Gasteiger partial charge in [0.05, 0.1) is 6.42 Å². The first kappa shape index (κ1) is 16.2. The summed E-state index contributed by atoms with van der Waals surface area (Å²) in [7, 11) is 0. The van der Waals surface area contributed by atoms with Gasteiger partial charge < -0.3 is 10.6 Å². The molecule has 1 aliphatic rings. The van der Waals surface area contributed by atoms with Crippen LogP contribution in [0.5, 0.6) is 0 Å². The number of hydrogen-bond donors (Lipinski definition) is 2. The van der Waals surface area contributed by atoms with Crippen molar-refractivity contribution in [3.63, 3.8) is 0 Å². The molecule has 0 spiro atoms. The molecule has 2 N–H and O–H groups in total. The van der Waals surface area contributed by atoms with Crippen LogP contribution in [0.1, 0.15) is 36.5 Å². The topological polar surface area (TPSA) is 58.2 Å². The minimum Gasteiger partial charge on any atom is -0.326 e. The van der Waals surface area contributed by atoms with E-state index in [0.29, 0.717) is 6.42 Å². The Bertz CT molecular complexity index is 751. The summed E-state index contributed by atoms with van der Waals surface area (Å²) in [6, 6.07) is 13.5. The summed E-state index contributed by atoms with van der Waals surface area (Å²) >= 11 is 0. The van der Waals surface area contributed by atoms with E-state index in [1.807, 2.05) is 0 Å². The van der Waals surface area contributed by atoms with Crippen molar-refractivity contribution in [2.45, 2.75) is 39.0 Å². The maximum atomic E-state index is 12.2. The Hall–Kier alpha value is -2.62. The van der Waals surface area contributed by atoms with Crippen LogP contribution >= 0.6 is 0 Å². The molecule has 4 nitrogen and oxygen atoms in total. The summed E-state index contributed by atoms with van der Waals surface area (Å²) in [5.41, 5.74) is 5.33. The van der Waals surface area contributed by atoms with Crippen molar-refractivity contribution < 1.29 is 9.59 Å². The van der Waals surface area contributed by atoms with Gasteiger partial charge in [-0.3, -0.25) is 9.59 Å². The molecule has 0 aliphatic heterocycles. The zero-order valence-corrected chi connectivity index (χ0v) is 13.9. The molecule has 0 saturated heterocycles. The number of benzene rings is 2. The number of carbonyl (C=O) groups excluding carboxylic acids is 2. The van der Waals surface area contributed by atoms with Crippen molar-refractivity contribution >= 4 is 23.2 Å². The molecule has 24 heavy (non-hydrogen) atoms. The van der Waals surface area contributed by atoms with Gasteiger partial charge in [0, 0.05) is 18.3 Å². The van der Waals surface area contributed by atoms with Crippen LogP contribution in [0.25, 0.3) is 0 Å². The van der Waals surface area contributed by atoms with Crippen molar-refractivity contribution in [1.29, 1.82) is 0 Å². The minimum absolute atomic E-state index is 0.0296. The molecule has 0 saturated carbocycles. The van der Waals surface area contributed by atoms with E-state index in [9.17, 15) is 9.59 Å². The van der Waals surface area contributed by atoms with E-state index in [1.165, 1.54) is 30.9 Å². The van der Waals surface area contributed by atoms with E-state index >= 15 is 0 Å². The third-order valence-electron chi connectivity index (χ3n) is 4.27. The molecule has 2 aromatic rings. The highest BCUT2D eigenvalue weighted by Crippen LogP contribution is 2.22. The number of hydrogen-bond acceptors (Lipinski definition) is 2. The van der Waals surface area contributed by atoms with Crippen molar-refractivity contribution in [2.75, 3.05) is 10.6 Å². The van der Waals surface area contributed by atoms with E-state index in [0.717, 1.165) is 29.8 Å². The molecule has 0 fully saturated rings. The van der Waals surface area contributed by atoms with Crippen LogP contribution in [-0.4, -0.2) is 11.8 Å². The van der Waals surface area contributed by atoms with Gasteiger partial charge in [-0.25, -0.2) is 0 Å². The second-order valence-corrected chi connectivity index (χ2v) is 6.29. The Kier molecular flexibility index (Phi) is 4.94. The quantitative estimate of drug-likeness (QED) is 0.901. The second-order valence-electron chi connectivity index (χ2n) is 6.29. The van der Waals surface area contributed by atoms with E-state index < -0.39 is 0 Å². The molecule has 0 heterocycles. The fourth-order valence-corrected chi connectivity index (χ4v) is 3.13. The summed E-state index contributed by atoms with van der Waals surface area (Å²) in [5, 5.41) is 5.60. The summed E-state index contributed by atoms with van der Waals surface area (Å²) in [5.74, 6) is -0.141.